The van der Waals surface area contributed by atoms with E-state index in [9.17, 15) is 4.79 Å². The molecule has 0 radical (unpaired) electrons. The molecule has 3 aromatic carbocycles. The van der Waals surface area contributed by atoms with Crippen LogP contribution in [0.5, 0.6) is 0 Å². The number of carbonyl (C=O) groups is 1. The lowest BCUT2D eigenvalue weighted by Crippen LogP contribution is -2.37. The summed E-state index contributed by atoms with van der Waals surface area (Å²) in [4.78, 5) is 13.6. The van der Waals surface area contributed by atoms with Gasteiger partial charge >= 0.3 is 0 Å². The standard InChI is InChI=1S/C37H48O.2C2H6/c1-4-24-37(26-23-31(28-36(37)38)27-30-19-21-32(22-20-30)29(2)3)25-13-7-12-18-35(33-14-8-5-9-15-33)34-16-10-6-11-17-34;2*1-2/h5-6,8-11,14-17,19-22,29,31,35H,4,7,12-13,18,23-28H2,1-3H3;2*1-2H3. The van der Waals surface area contributed by atoms with Gasteiger partial charge in [0.05, 0.1) is 0 Å². The Kier molecular flexibility index (Phi) is 16.5. The zero-order chi connectivity index (χ0) is 30.8. The molecule has 1 heteroatoms. The van der Waals surface area contributed by atoms with E-state index in [1.54, 1.807) is 0 Å². The molecule has 0 bridgehead atoms. The number of rotatable bonds is 13. The zero-order valence-electron chi connectivity index (χ0n) is 28.0. The van der Waals surface area contributed by atoms with Crippen LogP contribution in [-0.4, -0.2) is 5.78 Å². The highest BCUT2D eigenvalue weighted by atomic mass is 16.1. The van der Waals surface area contributed by atoms with E-state index in [-0.39, 0.29) is 5.41 Å². The van der Waals surface area contributed by atoms with Gasteiger partial charge in [-0.05, 0) is 72.6 Å². The summed E-state index contributed by atoms with van der Waals surface area (Å²) >= 11 is 0. The molecular weight excluding hydrogens is 508 g/mol. The molecule has 1 aliphatic rings. The molecule has 0 N–H and O–H groups in total. The topological polar surface area (TPSA) is 17.1 Å². The SMILES string of the molecule is CC.CC.CCCC1(CCCCCC(c2ccccc2)c2ccccc2)CCC(Cc2ccc(C(C)C)cc2)CC1=O. The molecule has 1 fully saturated rings. The number of hydrogen-bond acceptors (Lipinski definition) is 1. The van der Waals surface area contributed by atoms with Crippen LogP contribution in [0.2, 0.25) is 0 Å². The summed E-state index contributed by atoms with van der Waals surface area (Å²) in [6.07, 6.45) is 12.1. The Hall–Kier alpha value is -2.67. The first-order chi connectivity index (χ1) is 20.5. The predicted molar refractivity (Wildman–Crippen MR) is 184 cm³/mol. The lowest BCUT2D eigenvalue weighted by atomic mass is 9.64. The van der Waals surface area contributed by atoms with E-state index in [2.05, 4.69) is 106 Å². The van der Waals surface area contributed by atoms with Crippen molar-refractivity contribution >= 4 is 5.78 Å². The van der Waals surface area contributed by atoms with E-state index < -0.39 is 0 Å². The normalized spacial score (nSPS) is 18.2. The molecule has 0 aliphatic heterocycles. The molecule has 42 heavy (non-hydrogen) atoms. The lowest BCUT2D eigenvalue weighted by molar-refractivity contribution is -0.134. The van der Waals surface area contributed by atoms with E-state index in [1.807, 2.05) is 27.7 Å². The molecule has 230 valence electrons. The number of benzene rings is 3. The Morgan fingerprint density at radius 3 is 1.79 bits per heavy atom. The quantitative estimate of drug-likeness (QED) is 0.187. The summed E-state index contributed by atoms with van der Waals surface area (Å²) < 4.78 is 0. The fourth-order valence-electron chi connectivity index (χ4n) is 6.76. The van der Waals surface area contributed by atoms with Crippen molar-refractivity contribution in [3.63, 3.8) is 0 Å². The van der Waals surface area contributed by atoms with Gasteiger partial charge < -0.3 is 0 Å². The number of carbonyl (C=O) groups excluding carboxylic acids is 1. The molecule has 1 aliphatic carbocycles. The van der Waals surface area contributed by atoms with Crippen molar-refractivity contribution < 1.29 is 4.79 Å². The predicted octanol–water partition coefficient (Wildman–Crippen LogP) is 12.3. The van der Waals surface area contributed by atoms with Gasteiger partial charge in [-0.2, -0.15) is 0 Å². The molecule has 0 amide bonds. The molecule has 3 aromatic rings. The van der Waals surface area contributed by atoms with E-state index in [0.29, 0.717) is 23.5 Å². The smallest absolute Gasteiger partial charge is 0.139 e. The first-order valence-corrected chi connectivity index (χ1v) is 17.2. The minimum absolute atomic E-state index is 0.0645. The monoisotopic (exact) mass is 568 g/mol. The van der Waals surface area contributed by atoms with Crippen molar-refractivity contribution in [1.82, 2.24) is 0 Å². The lowest BCUT2D eigenvalue weighted by Gasteiger charge is -2.39. The summed E-state index contributed by atoms with van der Waals surface area (Å²) in [6.45, 7) is 14.7. The van der Waals surface area contributed by atoms with Crippen LogP contribution >= 0.6 is 0 Å². The van der Waals surface area contributed by atoms with Gasteiger partial charge in [0, 0.05) is 17.8 Å². The van der Waals surface area contributed by atoms with Crippen LogP contribution in [-0.2, 0) is 11.2 Å². The van der Waals surface area contributed by atoms with Gasteiger partial charge in [0.2, 0.25) is 0 Å². The highest BCUT2D eigenvalue weighted by Gasteiger charge is 2.41. The van der Waals surface area contributed by atoms with Crippen molar-refractivity contribution in [3.8, 4) is 0 Å². The third-order valence-electron chi connectivity index (χ3n) is 9.05. The summed E-state index contributed by atoms with van der Waals surface area (Å²) in [6, 6.07) is 31.0. The third-order valence-corrected chi connectivity index (χ3v) is 9.05. The molecule has 0 aromatic heterocycles. The number of hydrogen-bond donors (Lipinski definition) is 0. The molecule has 0 heterocycles. The maximum absolute atomic E-state index is 13.6. The molecule has 1 saturated carbocycles. The van der Waals surface area contributed by atoms with E-state index in [0.717, 1.165) is 38.5 Å². The second kappa shape index (κ2) is 19.5. The van der Waals surface area contributed by atoms with Gasteiger partial charge in [0.15, 0.2) is 0 Å². The van der Waals surface area contributed by atoms with Gasteiger partial charge in [-0.25, -0.2) is 0 Å². The second-order valence-electron chi connectivity index (χ2n) is 12.1. The Labute approximate surface area is 259 Å². The van der Waals surface area contributed by atoms with Crippen molar-refractivity contribution in [2.45, 2.75) is 131 Å². The third kappa shape index (κ3) is 10.6. The molecule has 4 rings (SSSR count). The number of Topliss-reactive ketones (excluding diaryl/α,β-unsaturated/α-hetero) is 1. The number of ketones is 1. The molecule has 2 atom stereocenters. The fraction of sp³-hybridized carbons (Fsp3) is 0.537. The highest BCUT2D eigenvalue weighted by molar-refractivity contribution is 5.85. The molecule has 0 spiro atoms. The van der Waals surface area contributed by atoms with Crippen LogP contribution in [0.15, 0.2) is 84.9 Å². The average molecular weight is 569 g/mol. The maximum Gasteiger partial charge on any atom is 0.139 e. The van der Waals surface area contributed by atoms with Gasteiger partial charge in [0.25, 0.3) is 0 Å². The number of unbranched alkanes of at least 4 members (excludes halogenated alkanes) is 2. The second-order valence-corrected chi connectivity index (χ2v) is 12.1. The molecule has 2 unspecified atom stereocenters. The van der Waals surface area contributed by atoms with Gasteiger partial charge in [-0.3, -0.25) is 4.79 Å². The van der Waals surface area contributed by atoms with Crippen molar-refractivity contribution in [3.05, 3.63) is 107 Å². The van der Waals surface area contributed by atoms with Gasteiger partial charge in [-0.15, -0.1) is 0 Å². The molecule has 0 saturated heterocycles. The maximum atomic E-state index is 13.6. The van der Waals surface area contributed by atoms with Crippen LogP contribution < -0.4 is 0 Å². The largest absolute Gasteiger partial charge is 0.299 e. The van der Waals surface area contributed by atoms with Gasteiger partial charge in [-0.1, -0.05) is 159 Å². The minimum Gasteiger partial charge on any atom is -0.299 e. The molecular formula is C41H60O. The Bertz CT molecular complexity index is 1060. The Balaban J connectivity index is 0.00000148. The van der Waals surface area contributed by atoms with Gasteiger partial charge in [0.1, 0.15) is 5.78 Å². The van der Waals surface area contributed by atoms with Crippen LogP contribution in [0.25, 0.3) is 0 Å². The zero-order valence-corrected chi connectivity index (χ0v) is 28.0. The van der Waals surface area contributed by atoms with Crippen LogP contribution in [0.3, 0.4) is 0 Å². The van der Waals surface area contributed by atoms with Crippen molar-refractivity contribution in [2.75, 3.05) is 0 Å². The van der Waals surface area contributed by atoms with Crippen LogP contribution in [0.1, 0.15) is 147 Å². The first-order valence-electron chi connectivity index (χ1n) is 17.2. The highest BCUT2D eigenvalue weighted by Crippen LogP contribution is 2.44. The van der Waals surface area contributed by atoms with E-state index in [1.165, 1.54) is 54.4 Å². The Morgan fingerprint density at radius 2 is 1.29 bits per heavy atom. The minimum atomic E-state index is -0.0645. The Morgan fingerprint density at radius 1 is 0.714 bits per heavy atom. The fourth-order valence-corrected chi connectivity index (χ4v) is 6.76. The van der Waals surface area contributed by atoms with E-state index >= 15 is 0 Å². The summed E-state index contributed by atoms with van der Waals surface area (Å²) in [5, 5.41) is 0. The average Bonchev–Trinajstić information content (AvgIpc) is 3.04. The molecule has 1 nitrogen and oxygen atoms in total. The summed E-state index contributed by atoms with van der Waals surface area (Å²) in [5.74, 6) is 2.09. The summed E-state index contributed by atoms with van der Waals surface area (Å²) in [5.41, 5.74) is 5.54. The van der Waals surface area contributed by atoms with Crippen molar-refractivity contribution in [1.29, 1.82) is 0 Å². The van der Waals surface area contributed by atoms with Crippen LogP contribution in [0.4, 0.5) is 0 Å². The van der Waals surface area contributed by atoms with Crippen molar-refractivity contribution in [2.24, 2.45) is 11.3 Å². The van der Waals surface area contributed by atoms with Crippen LogP contribution in [0, 0.1) is 11.3 Å². The first kappa shape index (κ1) is 35.5. The van der Waals surface area contributed by atoms with E-state index in [4.69, 9.17) is 0 Å². The summed E-state index contributed by atoms with van der Waals surface area (Å²) in [7, 11) is 0.